The Morgan fingerprint density at radius 2 is 1.85 bits per heavy atom. The van der Waals surface area contributed by atoms with E-state index in [0.29, 0.717) is 13.1 Å². The van der Waals surface area contributed by atoms with Gasteiger partial charge in [0, 0.05) is 5.69 Å². The third-order valence-electron chi connectivity index (χ3n) is 3.07. The molecule has 1 unspecified atom stereocenters. The van der Waals surface area contributed by atoms with Gasteiger partial charge in [-0.2, -0.15) is 0 Å². The van der Waals surface area contributed by atoms with Crippen LogP contribution < -0.4 is 10.2 Å². The molecule has 0 spiro atoms. The van der Waals surface area contributed by atoms with Crippen molar-refractivity contribution in [2.45, 2.75) is 20.4 Å². The van der Waals surface area contributed by atoms with E-state index < -0.39 is 0 Å². The summed E-state index contributed by atoms with van der Waals surface area (Å²) in [5.74, 6) is 1.81. The van der Waals surface area contributed by atoms with Crippen molar-refractivity contribution in [1.82, 2.24) is 0 Å². The number of quaternary nitrogens is 1. The predicted octanol–water partition coefficient (Wildman–Crippen LogP) is 1.55. The molecular formula is C16H21N2O2+. The fourth-order valence-electron chi connectivity index (χ4n) is 2.06. The SMILES string of the molecule is Cc1ccc(NC(=O)C[NH+](C)Cc2ccc(C)o2)cc1. The minimum Gasteiger partial charge on any atom is -0.460 e. The van der Waals surface area contributed by atoms with Gasteiger partial charge in [-0.05, 0) is 38.1 Å². The van der Waals surface area contributed by atoms with Gasteiger partial charge in [-0.3, -0.25) is 4.79 Å². The monoisotopic (exact) mass is 273 g/mol. The maximum atomic E-state index is 11.9. The molecule has 1 amide bonds. The van der Waals surface area contributed by atoms with Crippen molar-refractivity contribution in [3.63, 3.8) is 0 Å². The molecule has 1 atom stereocenters. The van der Waals surface area contributed by atoms with Gasteiger partial charge in [-0.25, -0.2) is 0 Å². The van der Waals surface area contributed by atoms with E-state index in [1.165, 1.54) is 5.56 Å². The molecule has 0 aliphatic rings. The first-order valence-corrected chi connectivity index (χ1v) is 6.76. The second-order valence-corrected chi connectivity index (χ2v) is 5.24. The van der Waals surface area contributed by atoms with Gasteiger partial charge in [0.2, 0.25) is 0 Å². The molecule has 1 aromatic carbocycles. The number of carbonyl (C=O) groups is 1. The molecule has 0 bridgehead atoms. The normalized spacial score (nSPS) is 12.2. The van der Waals surface area contributed by atoms with Crippen LogP contribution in [0.4, 0.5) is 5.69 Å². The smallest absolute Gasteiger partial charge is 0.279 e. The molecule has 0 saturated carbocycles. The molecule has 0 radical (unpaired) electrons. The van der Waals surface area contributed by atoms with E-state index in [1.807, 2.05) is 57.3 Å². The quantitative estimate of drug-likeness (QED) is 0.868. The van der Waals surface area contributed by atoms with E-state index in [0.717, 1.165) is 22.1 Å². The molecule has 2 rings (SSSR count). The number of anilines is 1. The van der Waals surface area contributed by atoms with Crippen LogP contribution in [0.25, 0.3) is 0 Å². The molecular weight excluding hydrogens is 252 g/mol. The lowest BCUT2D eigenvalue weighted by Gasteiger charge is -2.12. The van der Waals surface area contributed by atoms with Gasteiger partial charge in [-0.1, -0.05) is 17.7 Å². The Bertz CT molecular complexity index is 572. The fraction of sp³-hybridized carbons (Fsp3) is 0.312. The zero-order chi connectivity index (χ0) is 14.5. The highest BCUT2D eigenvalue weighted by Crippen LogP contribution is 2.08. The number of carbonyl (C=O) groups excluding carboxylic acids is 1. The molecule has 20 heavy (non-hydrogen) atoms. The van der Waals surface area contributed by atoms with Gasteiger partial charge in [0.1, 0.15) is 12.3 Å². The Hall–Kier alpha value is -2.07. The second kappa shape index (κ2) is 6.39. The summed E-state index contributed by atoms with van der Waals surface area (Å²) in [5, 5.41) is 2.90. The summed E-state index contributed by atoms with van der Waals surface area (Å²) in [7, 11) is 1.98. The summed E-state index contributed by atoms with van der Waals surface area (Å²) in [6, 6.07) is 11.7. The summed E-state index contributed by atoms with van der Waals surface area (Å²) >= 11 is 0. The Labute approximate surface area is 119 Å². The van der Waals surface area contributed by atoms with Crippen LogP contribution in [0.2, 0.25) is 0 Å². The predicted molar refractivity (Wildman–Crippen MR) is 78.7 cm³/mol. The maximum Gasteiger partial charge on any atom is 0.279 e. The molecule has 4 nitrogen and oxygen atoms in total. The van der Waals surface area contributed by atoms with Crippen molar-refractivity contribution >= 4 is 11.6 Å². The van der Waals surface area contributed by atoms with Crippen molar-refractivity contribution in [3.8, 4) is 0 Å². The van der Waals surface area contributed by atoms with Gasteiger partial charge in [0.15, 0.2) is 12.3 Å². The van der Waals surface area contributed by atoms with Crippen molar-refractivity contribution in [3.05, 3.63) is 53.5 Å². The van der Waals surface area contributed by atoms with Crippen molar-refractivity contribution in [2.24, 2.45) is 0 Å². The summed E-state index contributed by atoms with van der Waals surface area (Å²) in [5.41, 5.74) is 2.01. The molecule has 0 aliphatic heterocycles. The number of hydrogen-bond acceptors (Lipinski definition) is 2. The number of rotatable bonds is 5. The number of hydrogen-bond donors (Lipinski definition) is 2. The minimum absolute atomic E-state index is 0.00892. The zero-order valence-electron chi connectivity index (χ0n) is 12.2. The highest BCUT2D eigenvalue weighted by molar-refractivity contribution is 5.91. The van der Waals surface area contributed by atoms with E-state index in [2.05, 4.69) is 5.32 Å². The van der Waals surface area contributed by atoms with E-state index in [-0.39, 0.29) is 5.91 Å². The van der Waals surface area contributed by atoms with Crippen LogP contribution in [0.3, 0.4) is 0 Å². The van der Waals surface area contributed by atoms with Crippen molar-refractivity contribution in [1.29, 1.82) is 0 Å². The Morgan fingerprint density at radius 3 is 2.45 bits per heavy atom. The largest absolute Gasteiger partial charge is 0.460 e. The average Bonchev–Trinajstić information content (AvgIpc) is 2.77. The molecule has 0 saturated heterocycles. The van der Waals surface area contributed by atoms with Crippen molar-refractivity contribution in [2.75, 3.05) is 18.9 Å². The first-order valence-electron chi connectivity index (χ1n) is 6.76. The third-order valence-corrected chi connectivity index (χ3v) is 3.07. The molecule has 1 aromatic heterocycles. The molecule has 4 heteroatoms. The first-order chi connectivity index (χ1) is 9.52. The van der Waals surface area contributed by atoms with Crippen molar-refractivity contribution < 1.29 is 14.1 Å². The molecule has 0 fully saturated rings. The standard InChI is InChI=1S/C16H20N2O2/c1-12-4-7-14(8-5-12)17-16(19)11-18(3)10-15-9-6-13(2)20-15/h4-9H,10-11H2,1-3H3,(H,17,19)/p+1. The van der Waals surface area contributed by atoms with Gasteiger partial charge in [-0.15, -0.1) is 0 Å². The Balaban J connectivity index is 1.83. The maximum absolute atomic E-state index is 11.9. The van der Waals surface area contributed by atoms with Gasteiger partial charge in [0.25, 0.3) is 5.91 Å². The van der Waals surface area contributed by atoms with Crippen LogP contribution in [-0.4, -0.2) is 19.5 Å². The molecule has 0 aliphatic carbocycles. The molecule has 2 aromatic rings. The lowest BCUT2D eigenvalue weighted by atomic mass is 10.2. The lowest BCUT2D eigenvalue weighted by molar-refractivity contribution is -0.886. The van der Waals surface area contributed by atoms with Crippen LogP contribution in [0, 0.1) is 13.8 Å². The first kappa shape index (κ1) is 14.3. The summed E-state index contributed by atoms with van der Waals surface area (Å²) in [4.78, 5) is 13.0. The fourth-order valence-corrected chi connectivity index (χ4v) is 2.06. The number of furan rings is 1. The van der Waals surface area contributed by atoms with E-state index in [9.17, 15) is 4.79 Å². The Morgan fingerprint density at radius 1 is 1.15 bits per heavy atom. The second-order valence-electron chi connectivity index (χ2n) is 5.24. The molecule has 1 heterocycles. The third kappa shape index (κ3) is 4.24. The molecule has 106 valence electrons. The van der Waals surface area contributed by atoms with Crippen LogP contribution in [-0.2, 0) is 11.3 Å². The summed E-state index contributed by atoms with van der Waals surface area (Å²) in [6.45, 7) is 5.06. The van der Waals surface area contributed by atoms with Gasteiger partial charge in [0.05, 0.1) is 7.05 Å². The molecule has 2 N–H and O–H groups in total. The number of aryl methyl sites for hydroxylation is 2. The van der Waals surface area contributed by atoms with Gasteiger partial charge >= 0.3 is 0 Å². The highest BCUT2D eigenvalue weighted by atomic mass is 16.3. The summed E-state index contributed by atoms with van der Waals surface area (Å²) in [6.07, 6.45) is 0. The highest BCUT2D eigenvalue weighted by Gasteiger charge is 2.12. The average molecular weight is 273 g/mol. The van der Waals surface area contributed by atoms with E-state index in [1.54, 1.807) is 0 Å². The van der Waals surface area contributed by atoms with E-state index in [4.69, 9.17) is 4.42 Å². The van der Waals surface area contributed by atoms with Crippen LogP contribution in [0.1, 0.15) is 17.1 Å². The van der Waals surface area contributed by atoms with E-state index >= 15 is 0 Å². The Kier molecular flexibility index (Phi) is 4.58. The minimum atomic E-state index is 0.00892. The number of amides is 1. The number of likely N-dealkylation sites (N-methyl/N-ethyl adjacent to an activating group) is 1. The lowest BCUT2D eigenvalue weighted by Crippen LogP contribution is -3.08. The number of nitrogens with one attached hydrogen (secondary N) is 2. The summed E-state index contributed by atoms with van der Waals surface area (Å²) < 4.78 is 5.51. The van der Waals surface area contributed by atoms with Crippen LogP contribution >= 0.6 is 0 Å². The van der Waals surface area contributed by atoms with Crippen LogP contribution in [0.15, 0.2) is 40.8 Å². The topological polar surface area (TPSA) is 46.7 Å². The van der Waals surface area contributed by atoms with Gasteiger partial charge < -0.3 is 14.6 Å². The van der Waals surface area contributed by atoms with Crippen LogP contribution in [0.5, 0.6) is 0 Å². The number of benzene rings is 1. The zero-order valence-corrected chi connectivity index (χ0v) is 12.2.